The van der Waals surface area contributed by atoms with Gasteiger partial charge in [0.2, 0.25) is 0 Å². The SMILES string of the molecule is Nc1ccc(O)c(C(=O)Oc2cc(N)cc(C(=O)O)c2O)c1. The molecule has 2 aromatic rings. The molecule has 0 radical (unpaired) electrons. The maximum atomic E-state index is 12.0. The summed E-state index contributed by atoms with van der Waals surface area (Å²) in [5.41, 5.74) is 10.5. The molecule has 0 aliphatic heterocycles. The average molecular weight is 304 g/mol. The number of esters is 1. The van der Waals surface area contributed by atoms with Crippen molar-refractivity contribution in [2.24, 2.45) is 0 Å². The molecule has 0 heterocycles. The van der Waals surface area contributed by atoms with Crippen LogP contribution in [0.25, 0.3) is 0 Å². The zero-order valence-electron chi connectivity index (χ0n) is 11.1. The van der Waals surface area contributed by atoms with E-state index in [2.05, 4.69) is 0 Å². The Balaban J connectivity index is 2.40. The molecule has 0 aliphatic carbocycles. The van der Waals surface area contributed by atoms with Crippen LogP contribution in [0.3, 0.4) is 0 Å². The zero-order chi connectivity index (χ0) is 16.4. The number of aromatic hydroxyl groups is 2. The van der Waals surface area contributed by atoms with Crippen molar-refractivity contribution in [2.45, 2.75) is 0 Å². The summed E-state index contributed by atoms with van der Waals surface area (Å²) < 4.78 is 4.89. The van der Waals surface area contributed by atoms with E-state index in [1.165, 1.54) is 18.2 Å². The Bertz CT molecular complexity index is 772. The highest BCUT2D eigenvalue weighted by molar-refractivity contribution is 5.97. The Labute approximate surface area is 124 Å². The molecule has 114 valence electrons. The lowest BCUT2D eigenvalue weighted by Crippen LogP contribution is -2.11. The molecule has 0 amide bonds. The van der Waals surface area contributed by atoms with Gasteiger partial charge < -0.3 is 31.5 Å². The molecule has 0 saturated heterocycles. The first-order valence-corrected chi connectivity index (χ1v) is 5.96. The van der Waals surface area contributed by atoms with Gasteiger partial charge in [0.15, 0.2) is 11.5 Å². The number of anilines is 2. The first kappa shape index (κ1) is 15.0. The largest absolute Gasteiger partial charge is 0.507 e. The van der Waals surface area contributed by atoms with Gasteiger partial charge in [-0.15, -0.1) is 0 Å². The van der Waals surface area contributed by atoms with Crippen molar-refractivity contribution in [2.75, 3.05) is 11.5 Å². The van der Waals surface area contributed by atoms with Crippen LogP contribution >= 0.6 is 0 Å². The smallest absolute Gasteiger partial charge is 0.347 e. The first-order chi connectivity index (χ1) is 10.3. The van der Waals surface area contributed by atoms with Crippen LogP contribution in [0.15, 0.2) is 30.3 Å². The quantitative estimate of drug-likeness (QED) is 0.245. The topological polar surface area (TPSA) is 156 Å². The van der Waals surface area contributed by atoms with E-state index in [-0.39, 0.29) is 22.7 Å². The molecule has 0 aromatic heterocycles. The second kappa shape index (κ2) is 5.52. The summed E-state index contributed by atoms with van der Waals surface area (Å²) in [7, 11) is 0. The lowest BCUT2D eigenvalue weighted by atomic mass is 10.1. The molecule has 7 N–H and O–H groups in total. The Morgan fingerprint density at radius 3 is 2.23 bits per heavy atom. The molecule has 2 aromatic carbocycles. The fraction of sp³-hybridized carbons (Fsp3) is 0. The van der Waals surface area contributed by atoms with Crippen molar-refractivity contribution in [1.29, 1.82) is 0 Å². The van der Waals surface area contributed by atoms with Crippen molar-refractivity contribution >= 4 is 23.3 Å². The number of carboxylic acids is 1. The number of ether oxygens (including phenoxy) is 1. The Kier molecular flexibility index (Phi) is 3.76. The van der Waals surface area contributed by atoms with E-state index in [4.69, 9.17) is 21.3 Å². The Morgan fingerprint density at radius 1 is 0.955 bits per heavy atom. The van der Waals surface area contributed by atoms with Gasteiger partial charge in [-0.2, -0.15) is 0 Å². The van der Waals surface area contributed by atoms with Crippen LogP contribution in [0.1, 0.15) is 20.7 Å². The molecule has 0 atom stereocenters. The molecule has 0 fully saturated rings. The molecule has 0 unspecified atom stereocenters. The highest BCUT2D eigenvalue weighted by Crippen LogP contribution is 2.34. The second-order valence-corrected chi connectivity index (χ2v) is 4.39. The molecule has 2 rings (SSSR count). The summed E-state index contributed by atoms with van der Waals surface area (Å²) in [4.78, 5) is 23.0. The average Bonchev–Trinajstić information content (AvgIpc) is 2.44. The minimum Gasteiger partial charge on any atom is -0.507 e. The number of nitrogens with two attached hydrogens (primary N) is 2. The van der Waals surface area contributed by atoms with Gasteiger partial charge in [0.1, 0.15) is 16.9 Å². The van der Waals surface area contributed by atoms with E-state index < -0.39 is 29.0 Å². The summed E-state index contributed by atoms with van der Waals surface area (Å²) in [6, 6.07) is 5.87. The van der Waals surface area contributed by atoms with Crippen LogP contribution in [0.4, 0.5) is 11.4 Å². The predicted molar refractivity (Wildman–Crippen MR) is 77.0 cm³/mol. The van der Waals surface area contributed by atoms with Gasteiger partial charge in [-0.05, 0) is 24.3 Å². The van der Waals surface area contributed by atoms with E-state index in [0.29, 0.717) is 0 Å². The third kappa shape index (κ3) is 2.85. The van der Waals surface area contributed by atoms with Gasteiger partial charge in [0, 0.05) is 17.4 Å². The van der Waals surface area contributed by atoms with Crippen molar-refractivity contribution in [1.82, 2.24) is 0 Å². The van der Waals surface area contributed by atoms with Crippen molar-refractivity contribution in [3.63, 3.8) is 0 Å². The predicted octanol–water partition coefficient (Wildman–Crippen LogP) is 1.18. The number of benzene rings is 2. The normalized spacial score (nSPS) is 10.2. The van der Waals surface area contributed by atoms with E-state index >= 15 is 0 Å². The summed E-state index contributed by atoms with van der Waals surface area (Å²) in [6.45, 7) is 0. The number of nitrogen functional groups attached to an aromatic ring is 2. The first-order valence-electron chi connectivity index (χ1n) is 5.96. The fourth-order valence-electron chi connectivity index (χ4n) is 1.74. The standard InChI is InChI=1S/C14H12N2O6/c15-6-1-2-10(17)8(3-6)14(21)22-11-5-7(16)4-9(12(11)18)13(19)20/h1-5,17-18H,15-16H2,(H,19,20). The van der Waals surface area contributed by atoms with Crippen molar-refractivity contribution in [3.8, 4) is 17.2 Å². The summed E-state index contributed by atoms with van der Waals surface area (Å²) >= 11 is 0. The Hall–Kier alpha value is -3.42. The van der Waals surface area contributed by atoms with Crippen LogP contribution in [0.2, 0.25) is 0 Å². The summed E-state index contributed by atoms with van der Waals surface area (Å²) in [6.07, 6.45) is 0. The summed E-state index contributed by atoms with van der Waals surface area (Å²) in [5.74, 6) is -4.03. The zero-order valence-corrected chi connectivity index (χ0v) is 11.1. The number of aromatic carboxylic acids is 1. The van der Waals surface area contributed by atoms with E-state index in [0.717, 1.165) is 12.1 Å². The minimum atomic E-state index is -1.44. The van der Waals surface area contributed by atoms with Crippen LogP contribution in [-0.4, -0.2) is 27.3 Å². The lowest BCUT2D eigenvalue weighted by molar-refractivity contribution is 0.0680. The number of carbonyl (C=O) groups is 2. The van der Waals surface area contributed by atoms with Gasteiger partial charge in [0.05, 0.1) is 0 Å². The lowest BCUT2D eigenvalue weighted by Gasteiger charge is -2.10. The Morgan fingerprint density at radius 2 is 1.59 bits per heavy atom. The third-order valence-corrected chi connectivity index (χ3v) is 2.77. The molecule has 0 saturated carbocycles. The maximum Gasteiger partial charge on any atom is 0.347 e. The fourth-order valence-corrected chi connectivity index (χ4v) is 1.74. The number of phenolic OH excluding ortho intramolecular Hbond substituents is 1. The van der Waals surface area contributed by atoms with Crippen molar-refractivity contribution in [3.05, 3.63) is 41.5 Å². The number of hydrogen-bond acceptors (Lipinski definition) is 7. The van der Waals surface area contributed by atoms with Gasteiger partial charge in [-0.1, -0.05) is 0 Å². The molecule has 8 nitrogen and oxygen atoms in total. The van der Waals surface area contributed by atoms with Gasteiger partial charge in [0.25, 0.3) is 0 Å². The number of carbonyl (C=O) groups excluding carboxylic acids is 1. The molecule has 8 heteroatoms. The van der Waals surface area contributed by atoms with E-state index in [1.807, 2.05) is 0 Å². The highest BCUT2D eigenvalue weighted by Gasteiger charge is 2.20. The van der Waals surface area contributed by atoms with E-state index in [9.17, 15) is 19.8 Å². The van der Waals surface area contributed by atoms with Gasteiger partial charge >= 0.3 is 11.9 Å². The second-order valence-electron chi connectivity index (χ2n) is 4.39. The van der Waals surface area contributed by atoms with Crippen LogP contribution in [0, 0.1) is 0 Å². The van der Waals surface area contributed by atoms with Crippen LogP contribution < -0.4 is 16.2 Å². The number of carboxylic acid groups (broad SMARTS) is 1. The molecular weight excluding hydrogens is 292 g/mol. The monoisotopic (exact) mass is 304 g/mol. The van der Waals surface area contributed by atoms with Crippen LogP contribution in [-0.2, 0) is 0 Å². The molecule has 0 spiro atoms. The van der Waals surface area contributed by atoms with Crippen molar-refractivity contribution < 1.29 is 29.6 Å². The number of rotatable bonds is 3. The van der Waals surface area contributed by atoms with Gasteiger partial charge in [-0.25, -0.2) is 9.59 Å². The molecule has 22 heavy (non-hydrogen) atoms. The molecule has 0 bridgehead atoms. The highest BCUT2D eigenvalue weighted by atomic mass is 16.5. The van der Waals surface area contributed by atoms with Gasteiger partial charge in [-0.3, -0.25) is 0 Å². The minimum absolute atomic E-state index is 0.0187. The maximum absolute atomic E-state index is 12.0. The number of phenols is 2. The van der Waals surface area contributed by atoms with Crippen LogP contribution in [0.5, 0.6) is 17.2 Å². The number of hydrogen-bond donors (Lipinski definition) is 5. The van der Waals surface area contributed by atoms with E-state index in [1.54, 1.807) is 0 Å². The molecular formula is C14H12N2O6. The summed E-state index contributed by atoms with van der Waals surface area (Å²) in [5, 5.41) is 28.3. The third-order valence-electron chi connectivity index (χ3n) is 2.77. The molecule has 0 aliphatic rings.